The number of alkyl halides is 3. The van der Waals surface area contributed by atoms with Crippen LogP contribution >= 0.6 is 0 Å². The molecule has 3 fully saturated rings. The molecular formula is C27H34F3N5O2. The van der Waals surface area contributed by atoms with Crippen molar-refractivity contribution in [3.63, 3.8) is 0 Å². The third-order valence-electron chi connectivity index (χ3n) is 8.17. The quantitative estimate of drug-likeness (QED) is 0.629. The lowest BCUT2D eigenvalue weighted by Gasteiger charge is -2.37. The van der Waals surface area contributed by atoms with Gasteiger partial charge in [0.05, 0.1) is 11.3 Å². The van der Waals surface area contributed by atoms with Crippen molar-refractivity contribution in [2.45, 2.75) is 68.8 Å². The van der Waals surface area contributed by atoms with Gasteiger partial charge in [0.25, 0.3) is 0 Å². The molecule has 37 heavy (non-hydrogen) atoms. The van der Waals surface area contributed by atoms with Gasteiger partial charge < -0.3 is 20.2 Å². The molecule has 1 amide bonds. The zero-order valence-electron chi connectivity index (χ0n) is 20.8. The molecule has 2 aromatic rings. The van der Waals surface area contributed by atoms with E-state index in [1.807, 2.05) is 28.0 Å². The summed E-state index contributed by atoms with van der Waals surface area (Å²) in [5.41, 5.74) is -0.832. The van der Waals surface area contributed by atoms with Gasteiger partial charge in [-0.15, -0.1) is 0 Å². The molecule has 0 radical (unpaired) electrons. The van der Waals surface area contributed by atoms with E-state index in [2.05, 4.69) is 15.3 Å². The van der Waals surface area contributed by atoms with Crippen molar-refractivity contribution in [2.75, 3.05) is 31.1 Å². The minimum absolute atomic E-state index is 0.108. The molecule has 1 aliphatic carbocycles. The molecule has 2 aliphatic heterocycles. The minimum Gasteiger partial charge on any atom is -0.384 e. The number of rotatable bonds is 5. The molecule has 2 N–H and O–H groups in total. The molecule has 2 aromatic heterocycles. The fraction of sp³-hybridized carbons (Fsp3) is 0.593. The first kappa shape index (κ1) is 25.9. The summed E-state index contributed by atoms with van der Waals surface area (Å²) in [5.74, 6) is 0.353. The second-order valence-electron chi connectivity index (χ2n) is 10.6. The van der Waals surface area contributed by atoms with E-state index >= 15 is 0 Å². The molecule has 7 nitrogen and oxygen atoms in total. The second kappa shape index (κ2) is 10.6. The number of aliphatic hydroxyl groups is 1. The van der Waals surface area contributed by atoms with Crippen molar-refractivity contribution in [1.82, 2.24) is 20.2 Å². The number of anilines is 1. The van der Waals surface area contributed by atoms with Gasteiger partial charge in [-0.2, -0.15) is 13.2 Å². The maximum atomic E-state index is 13.2. The minimum atomic E-state index is -4.40. The van der Waals surface area contributed by atoms with Crippen LogP contribution in [-0.2, 0) is 16.6 Å². The topological polar surface area (TPSA) is 81.6 Å². The lowest BCUT2D eigenvalue weighted by molar-refractivity contribution is -0.137. The van der Waals surface area contributed by atoms with Gasteiger partial charge in [0.15, 0.2) is 0 Å². The largest absolute Gasteiger partial charge is 0.416 e. The Kier molecular flexibility index (Phi) is 7.40. The van der Waals surface area contributed by atoms with E-state index in [0.29, 0.717) is 57.2 Å². The third kappa shape index (κ3) is 5.90. The number of hydrogen-bond donors (Lipinski definition) is 2. The Bertz CT molecular complexity index is 1070. The lowest BCUT2D eigenvalue weighted by Crippen LogP contribution is -2.46. The first-order chi connectivity index (χ1) is 17.7. The van der Waals surface area contributed by atoms with Gasteiger partial charge in [-0.05, 0) is 69.2 Å². The van der Waals surface area contributed by atoms with E-state index in [4.69, 9.17) is 0 Å². The molecule has 1 saturated carbocycles. The van der Waals surface area contributed by atoms with Crippen LogP contribution in [0.25, 0.3) is 0 Å². The monoisotopic (exact) mass is 517 g/mol. The standard InChI is InChI=1S/C27H34F3N5O2/c28-27(29,30)20-6-13-32-24(17-20)34-14-7-19(8-15-34)25(36)35-16-9-22(18-35)33-21-4-10-26(37,11-5-21)23-3-1-2-12-31-23/h1-3,6,12-13,17,19,21-22,33,37H,4-5,7-11,14-16,18H2/t21?,22-,26?/m0/s1. The number of piperidine rings is 1. The van der Waals surface area contributed by atoms with Gasteiger partial charge in [0.2, 0.25) is 5.91 Å². The molecule has 3 aliphatic rings. The van der Waals surface area contributed by atoms with E-state index in [1.165, 1.54) is 6.20 Å². The van der Waals surface area contributed by atoms with Crippen molar-refractivity contribution >= 4 is 11.7 Å². The Morgan fingerprint density at radius 1 is 0.973 bits per heavy atom. The zero-order valence-corrected chi connectivity index (χ0v) is 20.8. The fourth-order valence-electron chi connectivity index (χ4n) is 5.97. The van der Waals surface area contributed by atoms with E-state index in [0.717, 1.165) is 43.6 Å². The Morgan fingerprint density at radius 3 is 2.41 bits per heavy atom. The first-order valence-electron chi connectivity index (χ1n) is 13.2. The number of nitrogens with one attached hydrogen (secondary N) is 1. The highest BCUT2D eigenvalue weighted by Gasteiger charge is 2.38. The normalized spacial score (nSPS) is 27.5. The Hall–Kier alpha value is -2.72. The summed E-state index contributed by atoms with van der Waals surface area (Å²) in [5, 5.41) is 14.7. The number of pyridine rings is 2. The van der Waals surface area contributed by atoms with Gasteiger partial charge in [0.1, 0.15) is 11.4 Å². The van der Waals surface area contributed by atoms with Crippen LogP contribution in [0.4, 0.5) is 19.0 Å². The van der Waals surface area contributed by atoms with Crippen LogP contribution in [0, 0.1) is 5.92 Å². The number of likely N-dealkylation sites (tertiary alicyclic amines) is 1. The number of carbonyl (C=O) groups excluding carboxylic acids is 1. The van der Waals surface area contributed by atoms with E-state index < -0.39 is 17.3 Å². The molecule has 0 spiro atoms. The summed E-state index contributed by atoms with van der Waals surface area (Å²) in [6, 6.07) is 8.25. The average molecular weight is 518 g/mol. The number of carbonyl (C=O) groups is 1. The summed E-state index contributed by atoms with van der Waals surface area (Å²) in [6.07, 6.45) is 3.68. The van der Waals surface area contributed by atoms with Crippen molar-refractivity contribution < 1.29 is 23.1 Å². The number of hydrogen-bond acceptors (Lipinski definition) is 6. The molecule has 0 unspecified atom stereocenters. The molecule has 200 valence electrons. The van der Waals surface area contributed by atoms with Crippen LogP contribution in [0.2, 0.25) is 0 Å². The Balaban J connectivity index is 1.07. The van der Waals surface area contributed by atoms with E-state index in [1.54, 1.807) is 6.20 Å². The second-order valence-corrected chi connectivity index (χ2v) is 10.6. The van der Waals surface area contributed by atoms with Crippen LogP contribution in [-0.4, -0.2) is 64.1 Å². The maximum Gasteiger partial charge on any atom is 0.416 e. The van der Waals surface area contributed by atoms with Crippen LogP contribution in [0.1, 0.15) is 56.2 Å². The average Bonchev–Trinajstić information content (AvgIpc) is 3.38. The third-order valence-corrected chi connectivity index (χ3v) is 8.17. The van der Waals surface area contributed by atoms with Crippen molar-refractivity contribution in [1.29, 1.82) is 0 Å². The van der Waals surface area contributed by atoms with Gasteiger partial charge in [-0.1, -0.05) is 6.07 Å². The molecule has 4 heterocycles. The van der Waals surface area contributed by atoms with Crippen molar-refractivity contribution in [3.05, 3.63) is 54.0 Å². The Morgan fingerprint density at radius 2 is 1.73 bits per heavy atom. The zero-order chi connectivity index (χ0) is 26.0. The molecule has 0 aromatic carbocycles. The summed E-state index contributed by atoms with van der Waals surface area (Å²) in [7, 11) is 0. The van der Waals surface area contributed by atoms with Crippen molar-refractivity contribution in [3.8, 4) is 0 Å². The van der Waals surface area contributed by atoms with E-state index in [9.17, 15) is 23.1 Å². The molecular weight excluding hydrogens is 483 g/mol. The summed E-state index contributed by atoms with van der Waals surface area (Å²) >= 11 is 0. The Labute approximate surface area is 215 Å². The molecule has 1 atom stereocenters. The van der Waals surface area contributed by atoms with Crippen LogP contribution in [0.15, 0.2) is 42.7 Å². The fourth-order valence-corrected chi connectivity index (χ4v) is 5.97. The van der Waals surface area contributed by atoms with Gasteiger partial charge >= 0.3 is 6.18 Å². The number of halogens is 3. The van der Waals surface area contributed by atoms with Crippen LogP contribution < -0.4 is 10.2 Å². The van der Waals surface area contributed by atoms with Gasteiger partial charge in [0, 0.05) is 56.6 Å². The summed E-state index contributed by atoms with van der Waals surface area (Å²) in [6.45, 7) is 2.43. The van der Waals surface area contributed by atoms with Crippen molar-refractivity contribution in [2.24, 2.45) is 5.92 Å². The predicted octanol–water partition coefficient (Wildman–Crippen LogP) is 3.73. The molecule has 0 bridgehead atoms. The first-order valence-corrected chi connectivity index (χ1v) is 13.2. The summed E-state index contributed by atoms with van der Waals surface area (Å²) in [4.78, 5) is 25.4. The lowest BCUT2D eigenvalue weighted by atomic mass is 9.79. The van der Waals surface area contributed by atoms with E-state index in [-0.39, 0.29) is 17.9 Å². The number of nitrogens with zero attached hydrogens (tertiary/aromatic N) is 4. The van der Waals surface area contributed by atoms with Gasteiger partial charge in [-0.3, -0.25) is 9.78 Å². The highest BCUT2D eigenvalue weighted by molar-refractivity contribution is 5.79. The van der Waals surface area contributed by atoms with Gasteiger partial charge in [-0.25, -0.2) is 4.98 Å². The highest BCUT2D eigenvalue weighted by Crippen LogP contribution is 2.36. The highest BCUT2D eigenvalue weighted by atomic mass is 19.4. The SMILES string of the molecule is O=C(C1CCN(c2cc(C(F)(F)F)ccn2)CC1)N1CC[C@H](NC2CCC(O)(c3ccccn3)CC2)C1. The van der Waals surface area contributed by atoms with Crippen LogP contribution in [0.5, 0.6) is 0 Å². The predicted molar refractivity (Wildman–Crippen MR) is 133 cm³/mol. The molecule has 10 heteroatoms. The smallest absolute Gasteiger partial charge is 0.384 e. The molecule has 2 saturated heterocycles. The molecule has 5 rings (SSSR count). The van der Waals surface area contributed by atoms with Crippen LogP contribution in [0.3, 0.4) is 0 Å². The number of aromatic nitrogens is 2. The summed E-state index contributed by atoms with van der Waals surface area (Å²) < 4.78 is 39.1. The number of amides is 1. The maximum absolute atomic E-state index is 13.2.